The van der Waals surface area contributed by atoms with E-state index < -0.39 is 10.0 Å². The molecular weight excluding hydrogens is 491 g/mol. The van der Waals surface area contributed by atoms with Crippen molar-refractivity contribution in [2.24, 2.45) is 4.99 Å². The van der Waals surface area contributed by atoms with Crippen LogP contribution in [0.15, 0.2) is 57.0 Å². The van der Waals surface area contributed by atoms with Gasteiger partial charge in [0.2, 0.25) is 10.0 Å². The predicted molar refractivity (Wildman–Crippen MR) is 123 cm³/mol. The second-order valence-corrected chi connectivity index (χ2v) is 8.44. The zero-order valence-electron chi connectivity index (χ0n) is 16.7. The molecule has 28 heavy (non-hydrogen) atoms. The fourth-order valence-electron chi connectivity index (χ4n) is 2.39. The topological polar surface area (TPSA) is 86.9 Å². The van der Waals surface area contributed by atoms with Gasteiger partial charge in [-0.05, 0) is 43.7 Å². The largest absolute Gasteiger partial charge is 0.469 e. The lowest BCUT2D eigenvalue weighted by Gasteiger charge is -2.21. The number of benzene rings is 1. The van der Waals surface area contributed by atoms with E-state index in [0.717, 1.165) is 17.7 Å². The molecule has 2 rings (SSSR count). The van der Waals surface area contributed by atoms with Crippen molar-refractivity contribution < 1.29 is 12.8 Å². The Labute approximate surface area is 184 Å². The molecule has 1 heterocycles. The molecule has 0 saturated heterocycles. The van der Waals surface area contributed by atoms with Gasteiger partial charge in [0.1, 0.15) is 5.76 Å². The van der Waals surface area contributed by atoms with Gasteiger partial charge in [-0.25, -0.2) is 8.42 Å². The van der Waals surface area contributed by atoms with Crippen molar-refractivity contribution in [3.05, 3.63) is 54.0 Å². The van der Waals surface area contributed by atoms with E-state index in [-0.39, 0.29) is 30.0 Å². The second kappa shape index (κ2) is 11.4. The van der Waals surface area contributed by atoms with Crippen molar-refractivity contribution in [3.63, 3.8) is 0 Å². The van der Waals surface area contributed by atoms with Crippen LogP contribution in [0.4, 0.5) is 0 Å². The van der Waals surface area contributed by atoms with Crippen molar-refractivity contribution in [3.8, 4) is 0 Å². The number of sulfonamides is 1. The number of halogens is 1. The Balaban J connectivity index is 0.00000392. The maximum absolute atomic E-state index is 12.5. The molecule has 0 atom stereocenters. The number of rotatable bonds is 8. The number of nitrogens with one attached hydrogen (secondary N) is 2. The first-order chi connectivity index (χ1) is 12.8. The fourth-order valence-corrected chi connectivity index (χ4v) is 3.76. The lowest BCUT2D eigenvalue weighted by atomic mass is 10.2. The van der Waals surface area contributed by atoms with Crippen LogP contribution in [0.1, 0.15) is 25.2 Å². The molecule has 0 unspecified atom stereocenters. The van der Waals surface area contributed by atoms with Crippen molar-refractivity contribution in [1.29, 1.82) is 0 Å². The minimum absolute atomic E-state index is 0. The molecule has 9 heteroatoms. The zero-order valence-corrected chi connectivity index (χ0v) is 19.8. The summed E-state index contributed by atoms with van der Waals surface area (Å²) in [6.07, 6.45) is 2.43. The van der Waals surface area contributed by atoms with Crippen LogP contribution in [-0.2, 0) is 23.0 Å². The zero-order chi connectivity index (χ0) is 19.9. The van der Waals surface area contributed by atoms with Crippen molar-refractivity contribution in [2.45, 2.75) is 37.8 Å². The van der Waals surface area contributed by atoms with Crippen molar-refractivity contribution in [1.82, 2.24) is 14.9 Å². The minimum Gasteiger partial charge on any atom is -0.469 e. The van der Waals surface area contributed by atoms with E-state index in [1.807, 2.05) is 38.1 Å². The smallest absolute Gasteiger partial charge is 0.243 e. The number of aliphatic imine (C=N–C) groups is 1. The van der Waals surface area contributed by atoms with Crippen molar-refractivity contribution >= 4 is 40.0 Å². The highest BCUT2D eigenvalue weighted by Gasteiger charge is 2.22. The van der Waals surface area contributed by atoms with Crippen LogP contribution in [-0.4, -0.2) is 45.4 Å². The molecule has 0 amide bonds. The highest BCUT2D eigenvalue weighted by Crippen LogP contribution is 2.17. The predicted octanol–water partition coefficient (Wildman–Crippen LogP) is 2.83. The Morgan fingerprint density at radius 2 is 1.86 bits per heavy atom. The van der Waals surface area contributed by atoms with Gasteiger partial charge in [-0.1, -0.05) is 12.1 Å². The molecule has 1 aromatic carbocycles. The lowest BCUT2D eigenvalue weighted by Crippen LogP contribution is -2.37. The van der Waals surface area contributed by atoms with Gasteiger partial charge < -0.3 is 15.1 Å². The third-order valence-corrected chi connectivity index (χ3v) is 6.30. The quantitative estimate of drug-likeness (QED) is 0.318. The molecule has 0 bridgehead atoms. The summed E-state index contributed by atoms with van der Waals surface area (Å²) >= 11 is 0. The average molecular weight is 520 g/mol. The lowest BCUT2D eigenvalue weighted by molar-refractivity contribution is 0.410. The Morgan fingerprint density at radius 3 is 2.39 bits per heavy atom. The highest BCUT2D eigenvalue weighted by molar-refractivity contribution is 14.0. The first-order valence-electron chi connectivity index (χ1n) is 8.88. The van der Waals surface area contributed by atoms with Gasteiger partial charge in [-0.2, -0.15) is 4.31 Å². The summed E-state index contributed by atoms with van der Waals surface area (Å²) in [6, 6.07) is 10.6. The standard InChI is InChI=1S/C19H28N4O3S.HI/c1-15(2)23(4)27(24,25)18-9-7-16(8-10-18)14-22-19(20-3)21-12-11-17-6-5-13-26-17;/h5-10,13,15H,11-12,14H2,1-4H3,(H2,20,21,22);1H. The Hall–Kier alpha value is -1.59. The number of hydrogen-bond acceptors (Lipinski definition) is 4. The molecule has 1 aromatic heterocycles. The van der Waals surface area contributed by atoms with E-state index in [4.69, 9.17) is 4.42 Å². The van der Waals surface area contributed by atoms with E-state index in [9.17, 15) is 8.42 Å². The summed E-state index contributed by atoms with van der Waals surface area (Å²) < 4.78 is 31.6. The monoisotopic (exact) mass is 520 g/mol. The number of hydrogen-bond donors (Lipinski definition) is 2. The van der Waals surface area contributed by atoms with Crippen LogP contribution in [0.25, 0.3) is 0 Å². The van der Waals surface area contributed by atoms with Gasteiger partial charge in [0.15, 0.2) is 5.96 Å². The molecule has 2 N–H and O–H groups in total. The molecule has 0 fully saturated rings. The van der Waals surface area contributed by atoms with Gasteiger partial charge in [-0.15, -0.1) is 24.0 Å². The summed E-state index contributed by atoms with van der Waals surface area (Å²) in [5.41, 5.74) is 0.968. The van der Waals surface area contributed by atoms with Gasteiger partial charge >= 0.3 is 0 Å². The van der Waals surface area contributed by atoms with Gasteiger partial charge in [0, 0.05) is 39.6 Å². The molecule has 0 spiro atoms. The normalized spacial score (nSPS) is 12.1. The van der Waals surface area contributed by atoms with Crippen LogP contribution in [0.3, 0.4) is 0 Å². The Morgan fingerprint density at radius 1 is 1.18 bits per heavy atom. The van der Waals surface area contributed by atoms with E-state index >= 15 is 0 Å². The molecule has 0 aliphatic rings. The minimum atomic E-state index is -3.46. The summed E-state index contributed by atoms with van der Waals surface area (Å²) in [5.74, 6) is 1.60. The van der Waals surface area contributed by atoms with Crippen LogP contribution >= 0.6 is 24.0 Å². The fraction of sp³-hybridized carbons (Fsp3) is 0.421. The van der Waals surface area contributed by atoms with Gasteiger partial charge in [-0.3, -0.25) is 4.99 Å². The second-order valence-electron chi connectivity index (χ2n) is 6.44. The third-order valence-electron chi connectivity index (χ3n) is 4.26. The van der Waals surface area contributed by atoms with E-state index in [1.54, 1.807) is 32.5 Å². The molecule has 2 aromatic rings. The SMILES string of the molecule is CN=C(NCCc1ccco1)NCc1ccc(S(=O)(=O)N(C)C(C)C)cc1.I. The number of nitrogens with zero attached hydrogens (tertiary/aromatic N) is 2. The van der Waals surface area contributed by atoms with E-state index in [1.165, 1.54) is 4.31 Å². The maximum atomic E-state index is 12.5. The van der Waals surface area contributed by atoms with Crippen LogP contribution in [0.5, 0.6) is 0 Å². The van der Waals surface area contributed by atoms with Crippen LogP contribution in [0.2, 0.25) is 0 Å². The molecule has 7 nitrogen and oxygen atoms in total. The van der Waals surface area contributed by atoms with Crippen LogP contribution < -0.4 is 10.6 Å². The third kappa shape index (κ3) is 6.78. The molecular formula is C19H29IN4O3S. The van der Waals surface area contributed by atoms with Gasteiger partial charge in [0.25, 0.3) is 0 Å². The first-order valence-corrected chi connectivity index (χ1v) is 10.3. The Kier molecular flexibility index (Phi) is 9.97. The molecule has 0 saturated carbocycles. The molecule has 0 aliphatic heterocycles. The maximum Gasteiger partial charge on any atom is 0.243 e. The average Bonchev–Trinajstić information content (AvgIpc) is 3.17. The molecule has 156 valence electrons. The van der Waals surface area contributed by atoms with Crippen LogP contribution in [0, 0.1) is 0 Å². The summed E-state index contributed by atoms with van der Waals surface area (Å²) in [4.78, 5) is 4.48. The van der Waals surface area contributed by atoms with Gasteiger partial charge in [0.05, 0.1) is 11.2 Å². The summed E-state index contributed by atoms with van der Waals surface area (Å²) in [7, 11) is -0.157. The summed E-state index contributed by atoms with van der Waals surface area (Å²) in [6.45, 7) is 4.94. The highest BCUT2D eigenvalue weighted by atomic mass is 127. The van der Waals surface area contributed by atoms with Crippen molar-refractivity contribution in [2.75, 3.05) is 20.6 Å². The summed E-state index contributed by atoms with van der Waals surface area (Å²) in [5, 5.41) is 6.43. The molecule has 0 aliphatic carbocycles. The van der Waals surface area contributed by atoms with E-state index in [2.05, 4.69) is 15.6 Å². The first kappa shape index (κ1) is 24.4. The number of guanidine groups is 1. The number of furan rings is 1. The van der Waals surface area contributed by atoms with E-state index in [0.29, 0.717) is 23.9 Å². The molecule has 0 radical (unpaired) electrons. The Bertz CT molecular complexity index is 835.